The van der Waals surface area contributed by atoms with Gasteiger partial charge in [0.25, 0.3) is 0 Å². The molecule has 21 heavy (non-hydrogen) atoms. The van der Waals surface area contributed by atoms with Crippen molar-refractivity contribution in [2.75, 3.05) is 5.32 Å². The van der Waals surface area contributed by atoms with Crippen molar-refractivity contribution in [3.05, 3.63) is 70.5 Å². The zero-order chi connectivity index (χ0) is 14.7. The van der Waals surface area contributed by atoms with Crippen molar-refractivity contribution in [3.8, 4) is 6.07 Å². The van der Waals surface area contributed by atoms with Crippen LogP contribution in [0.4, 0.5) is 5.69 Å². The summed E-state index contributed by atoms with van der Waals surface area (Å²) in [6, 6.07) is 18.1. The van der Waals surface area contributed by atoms with Gasteiger partial charge in [0.2, 0.25) is 0 Å². The van der Waals surface area contributed by atoms with Gasteiger partial charge in [-0.1, -0.05) is 40.2 Å². The first kappa shape index (κ1) is 13.6. The molecule has 3 aromatic rings. The summed E-state index contributed by atoms with van der Waals surface area (Å²) < 4.78 is 1.08. The lowest BCUT2D eigenvalue weighted by Crippen LogP contribution is -2.01. The minimum Gasteiger partial charge on any atom is -0.380 e. The summed E-state index contributed by atoms with van der Waals surface area (Å²) in [7, 11) is 0. The number of anilines is 1. The number of benzene rings is 2. The van der Waals surface area contributed by atoms with Crippen LogP contribution in [0.2, 0.25) is 0 Å². The lowest BCUT2D eigenvalue weighted by Gasteiger charge is -2.11. The predicted octanol–water partition coefficient (Wildman–Crippen LogP) is 4.48. The molecule has 0 spiro atoms. The third-order valence-corrected chi connectivity index (χ3v) is 3.98. The minimum atomic E-state index is 0.440. The van der Waals surface area contributed by atoms with Crippen molar-refractivity contribution >= 4 is 32.4 Å². The Morgan fingerprint density at radius 1 is 1.10 bits per heavy atom. The van der Waals surface area contributed by atoms with Crippen LogP contribution in [0.1, 0.15) is 11.3 Å². The van der Waals surface area contributed by atoms with Gasteiger partial charge < -0.3 is 5.32 Å². The first-order valence-corrected chi connectivity index (χ1v) is 7.33. The van der Waals surface area contributed by atoms with Crippen LogP contribution in [0, 0.1) is 11.3 Å². The number of hydrogen-bond acceptors (Lipinski definition) is 3. The maximum Gasteiger partial charge on any atom is 0.140 e. The van der Waals surface area contributed by atoms with Gasteiger partial charge in [0.15, 0.2) is 0 Å². The first-order chi connectivity index (χ1) is 10.3. The van der Waals surface area contributed by atoms with Crippen molar-refractivity contribution in [3.63, 3.8) is 0 Å². The highest BCUT2D eigenvalue weighted by atomic mass is 79.9. The van der Waals surface area contributed by atoms with Crippen LogP contribution >= 0.6 is 15.9 Å². The molecule has 1 heterocycles. The highest BCUT2D eigenvalue weighted by molar-refractivity contribution is 9.10. The molecular formula is C17H12BrN3. The van der Waals surface area contributed by atoms with Crippen LogP contribution < -0.4 is 5.32 Å². The Morgan fingerprint density at radius 3 is 2.71 bits per heavy atom. The summed E-state index contributed by atoms with van der Waals surface area (Å²) in [5, 5.41) is 14.6. The molecule has 0 bridgehead atoms. The molecule has 0 saturated carbocycles. The SMILES string of the molecule is N#Cc1cc(CNc2ccc(Br)c3ccccc23)ccn1. The van der Waals surface area contributed by atoms with Gasteiger partial charge in [0.1, 0.15) is 11.8 Å². The number of fused-ring (bicyclic) bond motifs is 1. The molecule has 102 valence electrons. The van der Waals surface area contributed by atoms with Crippen molar-refractivity contribution in [2.45, 2.75) is 6.54 Å². The van der Waals surface area contributed by atoms with E-state index in [0.29, 0.717) is 12.2 Å². The van der Waals surface area contributed by atoms with Crippen LogP contribution in [-0.4, -0.2) is 4.98 Å². The van der Waals surface area contributed by atoms with E-state index in [1.807, 2.05) is 24.3 Å². The zero-order valence-electron chi connectivity index (χ0n) is 11.2. The van der Waals surface area contributed by atoms with Gasteiger partial charge in [-0.25, -0.2) is 4.98 Å². The van der Waals surface area contributed by atoms with Crippen LogP contribution in [-0.2, 0) is 6.54 Å². The maximum absolute atomic E-state index is 8.88. The summed E-state index contributed by atoms with van der Waals surface area (Å²) in [5.74, 6) is 0. The molecule has 3 rings (SSSR count). The third kappa shape index (κ3) is 2.88. The number of pyridine rings is 1. The lowest BCUT2D eigenvalue weighted by molar-refractivity contribution is 1.12. The molecule has 0 saturated heterocycles. The predicted molar refractivity (Wildman–Crippen MR) is 87.9 cm³/mol. The number of rotatable bonds is 3. The number of nitrogens with one attached hydrogen (secondary N) is 1. The molecule has 0 atom stereocenters. The standard InChI is InChI=1S/C17H12BrN3/c18-16-5-6-17(15-4-2-1-3-14(15)16)21-11-12-7-8-20-13(9-12)10-19/h1-9,21H,11H2. The van der Waals surface area contributed by atoms with E-state index in [1.54, 1.807) is 12.3 Å². The Labute approximate surface area is 131 Å². The van der Waals surface area contributed by atoms with Gasteiger partial charge in [0.05, 0.1) is 0 Å². The Morgan fingerprint density at radius 2 is 1.90 bits per heavy atom. The number of halogens is 1. The molecular weight excluding hydrogens is 326 g/mol. The molecule has 0 fully saturated rings. The average Bonchev–Trinajstić information content (AvgIpc) is 2.55. The van der Waals surface area contributed by atoms with E-state index in [2.05, 4.69) is 50.5 Å². The van der Waals surface area contributed by atoms with E-state index >= 15 is 0 Å². The van der Waals surface area contributed by atoms with Gasteiger partial charge in [-0.05, 0) is 35.2 Å². The minimum absolute atomic E-state index is 0.440. The Bertz CT molecular complexity index is 837. The van der Waals surface area contributed by atoms with E-state index in [1.165, 1.54) is 10.8 Å². The van der Waals surface area contributed by atoms with E-state index in [4.69, 9.17) is 5.26 Å². The molecule has 1 aromatic heterocycles. The van der Waals surface area contributed by atoms with Crippen LogP contribution in [0.5, 0.6) is 0 Å². The Balaban J connectivity index is 1.89. The summed E-state index contributed by atoms with van der Waals surface area (Å²) >= 11 is 3.57. The molecule has 0 amide bonds. The summed E-state index contributed by atoms with van der Waals surface area (Å²) in [6.07, 6.45) is 1.66. The number of aromatic nitrogens is 1. The Kier molecular flexibility index (Phi) is 3.85. The smallest absolute Gasteiger partial charge is 0.140 e. The normalized spacial score (nSPS) is 10.3. The average molecular weight is 338 g/mol. The Hall–Kier alpha value is -2.38. The van der Waals surface area contributed by atoms with Crippen molar-refractivity contribution in [2.24, 2.45) is 0 Å². The van der Waals surface area contributed by atoms with Gasteiger partial charge in [-0.15, -0.1) is 0 Å². The molecule has 0 aliphatic carbocycles. The fourth-order valence-electron chi connectivity index (χ4n) is 2.26. The van der Waals surface area contributed by atoms with E-state index < -0.39 is 0 Å². The second-order valence-electron chi connectivity index (χ2n) is 4.66. The number of nitriles is 1. The molecule has 1 N–H and O–H groups in total. The van der Waals surface area contributed by atoms with E-state index in [9.17, 15) is 0 Å². The fraction of sp³-hybridized carbons (Fsp3) is 0.0588. The van der Waals surface area contributed by atoms with Crippen LogP contribution in [0.25, 0.3) is 10.8 Å². The third-order valence-electron chi connectivity index (χ3n) is 3.29. The zero-order valence-corrected chi connectivity index (χ0v) is 12.8. The largest absolute Gasteiger partial charge is 0.380 e. The van der Waals surface area contributed by atoms with Gasteiger partial charge in [0, 0.05) is 28.3 Å². The molecule has 0 unspecified atom stereocenters. The summed E-state index contributed by atoms with van der Waals surface area (Å²) in [5.41, 5.74) is 2.55. The summed E-state index contributed by atoms with van der Waals surface area (Å²) in [6.45, 7) is 0.656. The second-order valence-corrected chi connectivity index (χ2v) is 5.51. The highest BCUT2D eigenvalue weighted by Crippen LogP contribution is 2.30. The van der Waals surface area contributed by atoms with Crippen molar-refractivity contribution in [1.82, 2.24) is 4.98 Å². The fourth-order valence-corrected chi connectivity index (χ4v) is 2.74. The molecule has 2 aromatic carbocycles. The second kappa shape index (κ2) is 5.94. The van der Waals surface area contributed by atoms with Crippen LogP contribution in [0.3, 0.4) is 0 Å². The first-order valence-electron chi connectivity index (χ1n) is 6.54. The number of nitrogens with zero attached hydrogens (tertiary/aromatic N) is 2. The quantitative estimate of drug-likeness (QED) is 0.766. The van der Waals surface area contributed by atoms with Gasteiger partial charge in [-0.2, -0.15) is 5.26 Å². The maximum atomic E-state index is 8.88. The highest BCUT2D eigenvalue weighted by Gasteiger charge is 2.04. The van der Waals surface area contributed by atoms with Crippen molar-refractivity contribution in [1.29, 1.82) is 5.26 Å². The van der Waals surface area contributed by atoms with Gasteiger partial charge >= 0.3 is 0 Å². The molecule has 4 heteroatoms. The van der Waals surface area contributed by atoms with E-state index in [-0.39, 0.29) is 0 Å². The number of hydrogen-bond donors (Lipinski definition) is 1. The van der Waals surface area contributed by atoms with Crippen molar-refractivity contribution < 1.29 is 0 Å². The molecule has 0 aliphatic heterocycles. The molecule has 0 aliphatic rings. The lowest BCUT2D eigenvalue weighted by atomic mass is 10.1. The molecule has 0 radical (unpaired) electrons. The van der Waals surface area contributed by atoms with E-state index in [0.717, 1.165) is 15.7 Å². The molecule has 3 nitrogen and oxygen atoms in total. The monoisotopic (exact) mass is 337 g/mol. The topological polar surface area (TPSA) is 48.7 Å². The van der Waals surface area contributed by atoms with Gasteiger partial charge in [-0.3, -0.25) is 0 Å². The summed E-state index contributed by atoms with van der Waals surface area (Å²) in [4.78, 5) is 3.98. The van der Waals surface area contributed by atoms with Crippen LogP contribution in [0.15, 0.2) is 59.2 Å².